The van der Waals surface area contributed by atoms with Gasteiger partial charge < -0.3 is 0 Å². The monoisotopic (exact) mass is 222 g/mol. The normalized spacial score (nSPS) is 34.9. The first-order chi connectivity index (χ1) is 8.29. The molecule has 0 aromatic heterocycles. The van der Waals surface area contributed by atoms with Crippen LogP contribution in [0.4, 0.5) is 0 Å². The smallest absolute Gasteiger partial charge is 0.000671 e. The highest BCUT2D eigenvalue weighted by Gasteiger charge is 2.60. The second kappa shape index (κ2) is 3.13. The Hall–Kier alpha value is -1.30. The van der Waals surface area contributed by atoms with Crippen LogP contribution in [0.5, 0.6) is 0 Å². The van der Waals surface area contributed by atoms with E-state index < -0.39 is 0 Å². The van der Waals surface area contributed by atoms with Crippen molar-refractivity contribution in [1.82, 2.24) is 0 Å². The molecule has 0 nitrogen and oxygen atoms in total. The van der Waals surface area contributed by atoms with Gasteiger partial charge in [-0.05, 0) is 52.8 Å². The van der Waals surface area contributed by atoms with Crippen molar-refractivity contribution < 1.29 is 0 Å². The van der Waals surface area contributed by atoms with E-state index in [0.29, 0.717) is 5.41 Å². The van der Waals surface area contributed by atoms with Gasteiger partial charge in [0.2, 0.25) is 0 Å². The van der Waals surface area contributed by atoms with Gasteiger partial charge in [-0.1, -0.05) is 49.4 Å². The molecule has 4 rings (SSSR count). The highest BCUT2D eigenvalue weighted by atomic mass is 14.6. The van der Waals surface area contributed by atoms with Crippen molar-refractivity contribution >= 4 is 10.8 Å². The summed E-state index contributed by atoms with van der Waals surface area (Å²) >= 11 is 0. The maximum Gasteiger partial charge on any atom is -0.000671 e. The first-order valence-electron chi connectivity index (χ1n) is 6.78. The third-order valence-electron chi connectivity index (χ3n) is 4.96. The molecule has 0 unspecified atom stereocenters. The Morgan fingerprint density at radius 3 is 2.65 bits per heavy atom. The van der Waals surface area contributed by atoms with E-state index in [1.165, 1.54) is 30.0 Å². The Balaban J connectivity index is 1.92. The Morgan fingerprint density at radius 2 is 1.82 bits per heavy atom. The molecular weight excluding hydrogens is 204 g/mol. The number of fused-ring (bicyclic) bond motifs is 2. The van der Waals surface area contributed by atoms with Gasteiger partial charge >= 0.3 is 0 Å². The zero-order valence-electron chi connectivity index (χ0n) is 10.3. The van der Waals surface area contributed by atoms with E-state index in [1.54, 1.807) is 5.56 Å². The molecule has 0 saturated heterocycles. The topological polar surface area (TPSA) is 0 Å². The van der Waals surface area contributed by atoms with Crippen LogP contribution in [0.25, 0.3) is 10.8 Å². The molecule has 17 heavy (non-hydrogen) atoms. The summed E-state index contributed by atoms with van der Waals surface area (Å²) in [4.78, 5) is 0. The molecule has 0 heteroatoms. The van der Waals surface area contributed by atoms with Gasteiger partial charge in [-0.2, -0.15) is 0 Å². The number of benzene rings is 2. The maximum atomic E-state index is 2.42. The molecule has 2 fully saturated rings. The molecule has 0 N–H and O–H groups in total. The summed E-state index contributed by atoms with van der Waals surface area (Å²) in [6, 6.07) is 15.7. The molecule has 2 aromatic rings. The van der Waals surface area contributed by atoms with E-state index in [0.717, 1.165) is 11.8 Å². The van der Waals surface area contributed by atoms with Crippen molar-refractivity contribution in [3.05, 3.63) is 48.0 Å². The fourth-order valence-electron chi connectivity index (χ4n) is 4.23. The first-order valence-corrected chi connectivity index (χ1v) is 6.78. The van der Waals surface area contributed by atoms with Crippen molar-refractivity contribution in [3.8, 4) is 0 Å². The van der Waals surface area contributed by atoms with Crippen LogP contribution >= 0.6 is 0 Å². The van der Waals surface area contributed by atoms with Crippen LogP contribution in [0.15, 0.2) is 42.5 Å². The van der Waals surface area contributed by atoms with Gasteiger partial charge in [0.25, 0.3) is 0 Å². The molecule has 2 aromatic carbocycles. The van der Waals surface area contributed by atoms with E-state index >= 15 is 0 Å². The summed E-state index contributed by atoms with van der Waals surface area (Å²) in [5.74, 6) is 1.90. The second-order valence-electron chi connectivity index (χ2n) is 6.13. The lowest BCUT2D eigenvalue weighted by Gasteiger charge is -2.17. The lowest BCUT2D eigenvalue weighted by Crippen LogP contribution is -2.07. The zero-order chi connectivity index (χ0) is 11.5. The van der Waals surface area contributed by atoms with Crippen molar-refractivity contribution in [3.63, 3.8) is 0 Å². The van der Waals surface area contributed by atoms with Gasteiger partial charge in [-0.3, -0.25) is 0 Å². The average molecular weight is 222 g/mol. The number of rotatable bonds is 1. The highest BCUT2D eigenvalue weighted by Crippen LogP contribution is 2.66. The van der Waals surface area contributed by atoms with E-state index in [4.69, 9.17) is 0 Å². The Morgan fingerprint density at radius 1 is 1.00 bits per heavy atom. The molecular formula is C17H18. The summed E-state index contributed by atoms with van der Waals surface area (Å²) in [5.41, 5.74) is 2.19. The molecule has 0 heterocycles. The minimum Gasteiger partial charge on any atom is -0.0625 e. The molecule has 0 radical (unpaired) electrons. The standard InChI is InChI=1S/C17H18/c1-12-9-14-11-17(14,10-12)16-8-4-6-13-5-2-3-7-15(13)16/h2-8,12,14H,9-11H2,1H3/t12-,14+,17+/m1/s1. The van der Waals surface area contributed by atoms with E-state index in [-0.39, 0.29) is 0 Å². The van der Waals surface area contributed by atoms with Crippen LogP contribution < -0.4 is 0 Å². The van der Waals surface area contributed by atoms with Crippen LogP contribution in [-0.4, -0.2) is 0 Å². The molecule has 3 atom stereocenters. The molecule has 2 saturated carbocycles. The molecule has 0 spiro atoms. The summed E-state index contributed by atoms with van der Waals surface area (Å²) in [6.07, 6.45) is 4.29. The first kappa shape index (κ1) is 9.70. The van der Waals surface area contributed by atoms with Crippen molar-refractivity contribution in [1.29, 1.82) is 0 Å². The molecule has 0 bridgehead atoms. The fourth-order valence-corrected chi connectivity index (χ4v) is 4.23. The lowest BCUT2D eigenvalue weighted by atomic mass is 9.87. The van der Waals surface area contributed by atoms with Crippen molar-refractivity contribution in [2.75, 3.05) is 0 Å². The van der Waals surface area contributed by atoms with Gasteiger partial charge in [0.1, 0.15) is 0 Å². The van der Waals surface area contributed by atoms with Gasteiger partial charge in [0, 0.05) is 0 Å². The maximum absolute atomic E-state index is 2.42. The minimum absolute atomic E-state index is 0.556. The zero-order valence-corrected chi connectivity index (χ0v) is 10.3. The lowest BCUT2D eigenvalue weighted by molar-refractivity contribution is 0.515. The Bertz CT molecular complexity index is 578. The van der Waals surface area contributed by atoms with Crippen LogP contribution in [0.1, 0.15) is 31.7 Å². The van der Waals surface area contributed by atoms with Crippen LogP contribution in [-0.2, 0) is 5.41 Å². The van der Waals surface area contributed by atoms with Crippen molar-refractivity contribution in [2.45, 2.75) is 31.6 Å². The molecule has 86 valence electrons. The molecule has 2 aliphatic carbocycles. The van der Waals surface area contributed by atoms with Gasteiger partial charge in [0.05, 0.1) is 0 Å². The van der Waals surface area contributed by atoms with Crippen LogP contribution in [0, 0.1) is 11.8 Å². The second-order valence-corrected chi connectivity index (χ2v) is 6.13. The van der Waals surface area contributed by atoms with Crippen molar-refractivity contribution in [2.24, 2.45) is 11.8 Å². The summed E-state index contributed by atoms with van der Waals surface area (Å²) in [7, 11) is 0. The van der Waals surface area contributed by atoms with Gasteiger partial charge in [-0.25, -0.2) is 0 Å². The van der Waals surface area contributed by atoms with E-state index in [9.17, 15) is 0 Å². The Kier molecular flexibility index (Phi) is 1.79. The quantitative estimate of drug-likeness (QED) is 0.665. The largest absolute Gasteiger partial charge is 0.0625 e. The van der Waals surface area contributed by atoms with E-state index in [2.05, 4.69) is 49.4 Å². The SMILES string of the molecule is C[C@@H]1C[C@H]2C[C@@]2(c2cccc3ccccc23)C1. The minimum atomic E-state index is 0.556. The predicted octanol–water partition coefficient (Wildman–Crippen LogP) is 4.53. The van der Waals surface area contributed by atoms with Gasteiger partial charge in [-0.15, -0.1) is 0 Å². The predicted molar refractivity (Wildman–Crippen MR) is 72.1 cm³/mol. The third kappa shape index (κ3) is 1.24. The molecule has 0 aliphatic heterocycles. The fraction of sp³-hybridized carbons (Fsp3) is 0.412. The number of hydrogen-bond donors (Lipinski definition) is 0. The molecule has 0 amide bonds. The van der Waals surface area contributed by atoms with Crippen LogP contribution in [0.3, 0.4) is 0 Å². The number of hydrogen-bond acceptors (Lipinski definition) is 0. The molecule has 2 aliphatic rings. The summed E-state index contributed by atoms with van der Waals surface area (Å²) < 4.78 is 0. The average Bonchev–Trinajstić information content (AvgIpc) is 2.92. The summed E-state index contributed by atoms with van der Waals surface area (Å²) in [5, 5.41) is 2.90. The third-order valence-corrected chi connectivity index (χ3v) is 4.96. The van der Waals surface area contributed by atoms with Crippen LogP contribution in [0.2, 0.25) is 0 Å². The van der Waals surface area contributed by atoms with Gasteiger partial charge in [0.15, 0.2) is 0 Å². The van der Waals surface area contributed by atoms with E-state index in [1.807, 2.05) is 0 Å². The summed E-state index contributed by atoms with van der Waals surface area (Å²) in [6.45, 7) is 2.42. The highest BCUT2D eigenvalue weighted by molar-refractivity contribution is 5.87. The Labute approximate surface area is 103 Å².